The number of alkyl halides is 4. The minimum absolute atomic E-state index is 0.202. The number of carbonyl (C=O) groups excluding carboxylic acids is 1. The summed E-state index contributed by atoms with van der Waals surface area (Å²) in [5, 5.41) is 5.07. The Labute approximate surface area is 163 Å². The first-order chi connectivity index (χ1) is 12.8. The van der Waals surface area contributed by atoms with Gasteiger partial charge in [-0.3, -0.25) is 4.68 Å². The van der Waals surface area contributed by atoms with E-state index in [1.165, 1.54) is 0 Å². The molecule has 9 heteroatoms. The third-order valence-corrected chi connectivity index (χ3v) is 4.86. The molecule has 1 aromatic carbocycles. The minimum atomic E-state index is -4.43. The van der Waals surface area contributed by atoms with E-state index in [4.69, 9.17) is 4.74 Å². The molecule has 0 atom stereocenters. The van der Waals surface area contributed by atoms with E-state index in [1.807, 2.05) is 10.7 Å². The van der Waals surface area contributed by atoms with Crippen LogP contribution in [0.3, 0.4) is 0 Å². The highest BCUT2D eigenvalue weighted by atomic mass is 79.9. The number of benzene rings is 1. The van der Waals surface area contributed by atoms with Crippen molar-refractivity contribution in [2.24, 2.45) is 0 Å². The molecule has 3 rings (SSSR count). The highest BCUT2D eigenvalue weighted by Gasteiger charge is 2.31. The SMILES string of the molecule is Cc1cc(COC(=O)N2CCCn3nc(CBr)cc3C2)cc(C(F)(F)F)c1. The predicted octanol–water partition coefficient (Wildman–Crippen LogP) is 4.65. The van der Waals surface area contributed by atoms with Crippen molar-refractivity contribution < 1.29 is 22.7 Å². The average Bonchev–Trinajstić information content (AvgIpc) is 2.89. The van der Waals surface area contributed by atoms with Crippen LogP contribution in [0.15, 0.2) is 24.3 Å². The third-order valence-electron chi connectivity index (χ3n) is 4.29. The smallest absolute Gasteiger partial charge is 0.416 e. The molecule has 1 amide bonds. The lowest BCUT2D eigenvalue weighted by molar-refractivity contribution is -0.137. The topological polar surface area (TPSA) is 47.4 Å². The number of halogens is 4. The Bertz CT molecular complexity index is 836. The van der Waals surface area contributed by atoms with Crippen LogP contribution in [-0.2, 0) is 35.9 Å². The van der Waals surface area contributed by atoms with Gasteiger partial charge in [-0.15, -0.1) is 0 Å². The lowest BCUT2D eigenvalue weighted by Crippen LogP contribution is -2.31. The Kier molecular flexibility index (Phi) is 5.78. The Hall–Kier alpha value is -2.03. The molecule has 5 nitrogen and oxygen atoms in total. The van der Waals surface area contributed by atoms with E-state index >= 15 is 0 Å². The maximum absolute atomic E-state index is 12.9. The van der Waals surface area contributed by atoms with Crippen molar-refractivity contribution in [2.45, 2.75) is 44.5 Å². The number of carbonyl (C=O) groups is 1. The number of hydrogen-bond donors (Lipinski definition) is 0. The Morgan fingerprint density at radius 3 is 2.74 bits per heavy atom. The van der Waals surface area contributed by atoms with E-state index in [2.05, 4.69) is 21.0 Å². The van der Waals surface area contributed by atoms with Crippen LogP contribution in [-0.4, -0.2) is 27.3 Å². The second-order valence-corrected chi connectivity index (χ2v) is 7.08. The summed E-state index contributed by atoms with van der Waals surface area (Å²) in [7, 11) is 0. The van der Waals surface area contributed by atoms with Crippen LogP contribution < -0.4 is 0 Å². The molecule has 0 aliphatic carbocycles. The van der Waals surface area contributed by atoms with Crippen molar-refractivity contribution in [2.75, 3.05) is 6.54 Å². The van der Waals surface area contributed by atoms with Gasteiger partial charge in [-0.05, 0) is 37.1 Å². The number of hydrogen-bond acceptors (Lipinski definition) is 3. The lowest BCUT2D eigenvalue weighted by Gasteiger charge is -2.20. The molecule has 0 fully saturated rings. The number of ether oxygens (including phenoxy) is 1. The maximum Gasteiger partial charge on any atom is 0.416 e. The molecule has 27 heavy (non-hydrogen) atoms. The third kappa shape index (κ3) is 4.82. The number of fused-ring (bicyclic) bond motifs is 1. The highest BCUT2D eigenvalue weighted by molar-refractivity contribution is 9.08. The quantitative estimate of drug-likeness (QED) is 0.646. The van der Waals surface area contributed by atoms with Crippen molar-refractivity contribution in [3.05, 3.63) is 52.3 Å². The normalized spacial score (nSPS) is 14.6. The van der Waals surface area contributed by atoms with Crippen molar-refractivity contribution >= 4 is 22.0 Å². The maximum atomic E-state index is 12.9. The predicted molar refractivity (Wildman–Crippen MR) is 96.3 cm³/mol. The summed E-state index contributed by atoms with van der Waals surface area (Å²) in [4.78, 5) is 14.0. The van der Waals surface area contributed by atoms with Gasteiger partial charge in [0.05, 0.1) is 23.5 Å². The van der Waals surface area contributed by atoms with Crippen LogP contribution in [0.4, 0.5) is 18.0 Å². The first kappa shape index (κ1) is 19.7. The molecule has 0 spiro atoms. The fourth-order valence-electron chi connectivity index (χ4n) is 3.09. The van der Waals surface area contributed by atoms with Crippen LogP contribution >= 0.6 is 15.9 Å². The van der Waals surface area contributed by atoms with E-state index in [-0.39, 0.29) is 6.61 Å². The number of aromatic nitrogens is 2. The van der Waals surface area contributed by atoms with Gasteiger partial charge < -0.3 is 9.64 Å². The monoisotopic (exact) mass is 445 g/mol. The van der Waals surface area contributed by atoms with E-state index in [9.17, 15) is 18.0 Å². The van der Waals surface area contributed by atoms with E-state index in [0.29, 0.717) is 36.1 Å². The Morgan fingerprint density at radius 1 is 1.26 bits per heavy atom. The highest BCUT2D eigenvalue weighted by Crippen LogP contribution is 2.30. The molecule has 0 bridgehead atoms. The van der Waals surface area contributed by atoms with Gasteiger partial charge >= 0.3 is 12.3 Å². The van der Waals surface area contributed by atoms with Crippen LogP contribution in [0, 0.1) is 6.92 Å². The van der Waals surface area contributed by atoms with Gasteiger partial charge in [-0.25, -0.2) is 4.79 Å². The van der Waals surface area contributed by atoms with Crippen LogP contribution in [0.25, 0.3) is 0 Å². The summed E-state index contributed by atoms with van der Waals surface area (Å²) < 4.78 is 45.9. The van der Waals surface area contributed by atoms with Crippen LogP contribution in [0.1, 0.15) is 34.5 Å². The van der Waals surface area contributed by atoms with Gasteiger partial charge in [0, 0.05) is 18.4 Å². The van der Waals surface area contributed by atoms with E-state index in [1.54, 1.807) is 17.9 Å². The van der Waals surface area contributed by atoms with Gasteiger partial charge in [0.2, 0.25) is 0 Å². The second kappa shape index (κ2) is 7.92. The van der Waals surface area contributed by atoms with Crippen LogP contribution in [0.5, 0.6) is 0 Å². The molecule has 146 valence electrons. The largest absolute Gasteiger partial charge is 0.445 e. The molecule has 2 aromatic rings. The molecule has 0 radical (unpaired) electrons. The van der Waals surface area contributed by atoms with Gasteiger partial charge in [-0.2, -0.15) is 18.3 Å². The fourth-order valence-corrected chi connectivity index (χ4v) is 3.36. The average molecular weight is 446 g/mol. The summed E-state index contributed by atoms with van der Waals surface area (Å²) in [6.45, 7) is 2.96. The molecule has 1 aliphatic rings. The summed E-state index contributed by atoms with van der Waals surface area (Å²) in [6, 6.07) is 5.60. The lowest BCUT2D eigenvalue weighted by atomic mass is 10.1. The minimum Gasteiger partial charge on any atom is -0.445 e. The van der Waals surface area contributed by atoms with Gasteiger partial charge in [0.15, 0.2) is 0 Å². The van der Waals surface area contributed by atoms with Crippen molar-refractivity contribution in [3.63, 3.8) is 0 Å². The van der Waals surface area contributed by atoms with Crippen molar-refractivity contribution in [1.82, 2.24) is 14.7 Å². The standard InChI is InChI=1S/C18H19BrF3N3O2/c1-12-5-13(7-14(6-12)18(20,21)22)11-27-17(26)24-3-2-4-25-16(10-24)8-15(9-19)23-25/h5-8H,2-4,9-11H2,1H3. The number of rotatable bonds is 3. The molecular formula is C18H19BrF3N3O2. The Morgan fingerprint density at radius 2 is 2.04 bits per heavy atom. The summed E-state index contributed by atoms with van der Waals surface area (Å²) >= 11 is 3.36. The number of nitrogens with zero attached hydrogens (tertiary/aromatic N) is 3. The Balaban J connectivity index is 1.66. The first-order valence-electron chi connectivity index (χ1n) is 8.47. The molecule has 2 heterocycles. The zero-order chi connectivity index (χ0) is 19.6. The van der Waals surface area contributed by atoms with Crippen molar-refractivity contribution in [3.8, 4) is 0 Å². The molecule has 0 saturated carbocycles. The van der Waals surface area contributed by atoms with Gasteiger partial charge in [0.1, 0.15) is 6.61 Å². The number of amides is 1. The van der Waals surface area contributed by atoms with Crippen LogP contribution in [0.2, 0.25) is 0 Å². The molecule has 0 saturated heterocycles. The molecule has 1 aromatic heterocycles. The summed E-state index contributed by atoms with van der Waals surface area (Å²) in [5.41, 5.74) is 1.84. The fraction of sp³-hybridized carbons (Fsp3) is 0.444. The molecule has 0 N–H and O–H groups in total. The zero-order valence-corrected chi connectivity index (χ0v) is 16.3. The van der Waals surface area contributed by atoms with Crippen molar-refractivity contribution in [1.29, 1.82) is 0 Å². The van der Waals surface area contributed by atoms with Gasteiger partial charge in [0.25, 0.3) is 0 Å². The van der Waals surface area contributed by atoms with E-state index < -0.39 is 17.8 Å². The van der Waals surface area contributed by atoms with Gasteiger partial charge in [-0.1, -0.05) is 27.6 Å². The molecule has 1 aliphatic heterocycles. The number of aryl methyl sites for hydroxylation is 2. The molecule has 0 unspecified atom stereocenters. The van der Waals surface area contributed by atoms with E-state index in [0.717, 1.165) is 29.9 Å². The first-order valence-corrected chi connectivity index (χ1v) is 9.59. The summed E-state index contributed by atoms with van der Waals surface area (Å²) in [6.07, 6.45) is -4.24. The molecular weight excluding hydrogens is 427 g/mol. The second-order valence-electron chi connectivity index (χ2n) is 6.52. The zero-order valence-electron chi connectivity index (χ0n) is 14.7. The summed E-state index contributed by atoms with van der Waals surface area (Å²) in [5.74, 6) is 0.